The zero-order valence-corrected chi connectivity index (χ0v) is 17.5. The van der Waals surface area contributed by atoms with Gasteiger partial charge in [-0.1, -0.05) is 48.0 Å². The molecule has 1 unspecified atom stereocenters. The fraction of sp³-hybridized carbons (Fsp3) is 0.478. The summed E-state index contributed by atoms with van der Waals surface area (Å²) >= 11 is 0. The van der Waals surface area contributed by atoms with E-state index in [0.29, 0.717) is 25.6 Å². The van der Waals surface area contributed by atoms with Crippen molar-refractivity contribution >= 4 is 10.1 Å². The number of ether oxygens (including phenoxy) is 2. The van der Waals surface area contributed by atoms with Crippen LogP contribution in [-0.2, 0) is 30.4 Å². The van der Waals surface area contributed by atoms with Gasteiger partial charge in [-0.3, -0.25) is 4.18 Å². The normalized spacial score (nSPS) is 26.1. The Balaban J connectivity index is 1.30. The predicted octanol–water partition coefficient (Wildman–Crippen LogP) is 4.10. The molecule has 2 fully saturated rings. The molecule has 0 amide bonds. The SMILES string of the molecule is Cc1ccc(S(=O)(=O)OCC[C@@H]2C3CC[C@@H](O3)[C@@H]2COCc2ccccc2)cc1. The van der Waals surface area contributed by atoms with Gasteiger partial charge in [0, 0.05) is 5.92 Å². The maximum absolute atomic E-state index is 12.4. The minimum atomic E-state index is -3.72. The fourth-order valence-electron chi connectivity index (χ4n) is 4.46. The van der Waals surface area contributed by atoms with E-state index in [4.69, 9.17) is 13.7 Å². The molecule has 29 heavy (non-hydrogen) atoms. The molecule has 2 aromatic carbocycles. The molecule has 2 aliphatic rings. The minimum Gasteiger partial charge on any atom is -0.376 e. The molecule has 2 aromatic rings. The van der Waals surface area contributed by atoms with Gasteiger partial charge in [-0.2, -0.15) is 8.42 Å². The molecule has 156 valence electrons. The first-order valence-corrected chi connectivity index (χ1v) is 11.7. The molecule has 2 bridgehead atoms. The highest BCUT2D eigenvalue weighted by molar-refractivity contribution is 7.86. The summed E-state index contributed by atoms with van der Waals surface area (Å²) < 4.78 is 42.2. The van der Waals surface area contributed by atoms with Crippen molar-refractivity contribution in [2.75, 3.05) is 13.2 Å². The molecule has 0 N–H and O–H groups in total. The second kappa shape index (κ2) is 8.96. The van der Waals surface area contributed by atoms with Gasteiger partial charge in [-0.05, 0) is 49.8 Å². The van der Waals surface area contributed by atoms with Crippen molar-refractivity contribution in [1.29, 1.82) is 0 Å². The molecule has 0 radical (unpaired) electrons. The zero-order chi connectivity index (χ0) is 20.3. The maximum Gasteiger partial charge on any atom is 0.296 e. The van der Waals surface area contributed by atoms with E-state index in [0.717, 1.165) is 24.0 Å². The molecule has 2 saturated heterocycles. The number of fused-ring (bicyclic) bond motifs is 2. The molecule has 0 spiro atoms. The van der Waals surface area contributed by atoms with E-state index < -0.39 is 10.1 Å². The van der Waals surface area contributed by atoms with Crippen LogP contribution >= 0.6 is 0 Å². The Morgan fingerprint density at radius 3 is 2.38 bits per heavy atom. The lowest BCUT2D eigenvalue weighted by Gasteiger charge is -2.27. The van der Waals surface area contributed by atoms with Crippen LogP contribution in [0.5, 0.6) is 0 Å². The molecule has 6 heteroatoms. The highest BCUT2D eigenvalue weighted by Gasteiger charge is 2.48. The van der Waals surface area contributed by atoms with Crippen molar-refractivity contribution in [1.82, 2.24) is 0 Å². The van der Waals surface area contributed by atoms with Crippen LogP contribution in [-0.4, -0.2) is 33.8 Å². The van der Waals surface area contributed by atoms with Crippen molar-refractivity contribution in [3.05, 3.63) is 65.7 Å². The molecular weight excluding hydrogens is 388 g/mol. The lowest BCUT2D eigenvalue weighted by molar-refractivity contribution is 0.0407. The molecule has 2 aliphatic heterocycles. The summed E-state index contributed by atoms with van der Waals surface area (Å²) in [5.41, 5.74) is 2.17. The second-order valence-corrected chi connectivity index (χ2v) is 9.61. The van der Waals surface area contributed by atoms with E-state index in [1.54, 1.807) is 24.3 Å². The van der Waals surface area contributed by atoms with Crippen molar-refractivity contribution in [3.8, 4) is 0 Å². The molecule has 0 saturated carbocycles. The Hall–Kier alpha value is -1.73. The van der Waals surface area contributed by atoms with Gasteiger partial charge in [0.25, 0.3) is 10.1 Å². The van der Waals surface area contributed by atoms with Gasteiger partial charge in [0.15, 0.2) is 0 Å². The topological polar surface area (TPSA) is 61.8 Å². The number of benzene rings is 2. The number of hydrogen-bond acceptors (Lipinski definition) is 5. The molecule has 4 atom stereocenters. The van der Waals surface area contributed by atoms with E-state index in [9.17, 15) is 8.42 Å². The lowest BCUT2D eigenvalue weighted by atomic mass is 9.78. The van der Waals surface area contributed by atoms with Crippen LogP contribution in [0, 0.1) is 18.8 Å². The van der Waals surface area contributed by atoms with Crippen molar-refractivity contribution < 1.29 is 22.1 Å². The van der Waals surface area contributed by atoms with E-state index in [2.05, 4.69) is 12.1 Å². The largest absolute Gasteiger partial charge is 0.376 e. The summed E-state index contributed by atoms with van der Waals surface area (Å²) in [5, 5.41) is 0. The summed E-state index contributed by atoms with van der Waals surface area (Å²) in [6.07, 6.45) is 3.16. The van der Waals surface area contributed by atoms with Crippen molar-refractivity contribution in [2.45, 2.75) is 49.9 Å². The van der Waals surface area contributed by atoms with Gasteiger partial charge in [-0.15, -0.1) is 0 Å². The van der Waals surface area contributed by atoms with E-state index in [1.165, 1.54) is 0 Å². The van der Waals surface area contributed by atoms with Gasteiger partial charge in [0.1, 0.15) is 0 Å². The van der Waals surface area contributed by atoms with Crippen molar-refractivity contribution in [3.63, 3.8) is 0 Å². The van der Waals surface area contributed by atoms with Gasteiger partial charge >= 0.3 is 0 Å². The van der Waals surface area contributed by atoms with Crippen LogP contribution in [0.1, 0.15) is 30.4 Å². The van der Waals surface area contributed by atoms with Crippen LogP contribution in [0.4, 0.5) is 0 Å². The number of hydrogen-bond donors (Lipinski definition) is 0. The predicted molar refractivity (Wildman–Crippen MR) is 110 cm³/mol. The lowest BCUT2D eigenvalue weighted by Crippen LogP contribution is -2.32. The molecule has 0 aliphatic carbocycles. The monoisotopic (exact) mass is 416 g/mol. The van der Waals surface area contributed by atoms with Crippen LogP contribution in [0.15, 0.2) is 59.5 Å². The zero-order valence-electron chi connectivity index (χ0n) is 16.7. The van der Waals surface area contributed by atoms with E-state index in [-0.39, 0.29) is 29.6 Å². The third kappa shape index (κ3) is 4.89. The number of rotatable bonds is 9. The standard InChI is InChI=1S/C23H28O5S/c1-17-7-9-19(10-8-17)29(24,25)27-14-13-20-21(23-12-11-22(20)28-23)16-26-15-18-5-3-2-4-6-18/h2-10,20-23H,11-16H2,1H3/t20-,21+,22?,23+/m0/s1. The summed E-state index contributed by atoms with van der Waals surface area (Å²) in [7, 11) is -3.72. The Kier molecular flexibility index (Phi) is 6.35. The van der Waals surface area contributed by atoms with Crippen molar-refractivity contribution in [2.24, 2.45) is 11.8 Å². The third-order valence-electron chi connectivity index (χ3n) is 6.01. The quantitative estimate of drug-likeness (QED) is 0.576. The summed E-state index contributed by atoms with van der Waals surface area (Å²) in [6.45, 7) is 3.31. The minimum absolute atomic E-state index is 0.169. The van der Waals surface area contributed by atoms with E-state index in [1.807, 2.05) is 25.1 Å². The van der Waals surface area contributed by atoms with Gasteiger partial charge in [0.2, 0.25) is 0 Å². The average Bonchev–Trinajstić information content (AvgIpc) is 3.31. The second-order valence-electron chi connectivity index (χ2n) is 8.00. The molecule has 0 aromatic heterocycles. The Morgan fingerprint density at radius 1 is 0.966 bits per heavy atom. The highest BCUT2D eigenvalue weighted by Crippen LogP contribution is 2.45. The molecule has 4 rings (SSSR count). The van der Waals surface area contributed by atoms with Crippen LogP contribution in [0.25, 0.3) is 0 Å². The van der Waals surface area contributed by atoms with E-state index >= 15 is 0 Å². The smallest absolute Gasteiger partial charge is 0.296 e. The van der Waals surface area contributed by atoms with Crippen LogP contribution in [0.3, 0.4) is 0 Å². The maximum atomic E-state index is 12.4. The summed E-state index contributed by atoms with van der Waals surface area (Å²) in [6, 6.07) is 16.9. The highest BCUT2D eigenvalue weighted by atomic mass is 32.2. The first-order chi connectivity index (χ1) is 14.0. The Labute approximate surface area is 173 Å². The molecular formula is C23H28O5S. The Bertz CT molecular complexity index is 895. The van der Waals surface area contributed by atoms with Gasteiger partial charge < -0.3 is 9.47 Å². The average molecular weight is 417 g/mol. The Morgan fingerprint density at radius 2 is 1.66 bits per heavy atom. The first-order valence-electron chi connectivity index (χ1n) is 10.3. The summed E-state index contributed by atoms with van der Waals surface area (Å²) in [5.74, 6) is 0.570. The van der Waals surface area contributed by atoms with Gasteiger partial charge in [0.05, 0.1) is 36.9 Å². The fourth-order valence-corrected chi connectivity index (χ4v) is 5.38. The van der Waals surface area contributed by atoms with Gasteiger partial charge in [-0.25, -0.2) is 0 Å². The summed E-state index contributed by atoms with van der Waals surface area (Å²) in [4.78, 5) is 0.204. The van der Waals surface area contributed by atoms with Crippen LogP contribution in [0.2, 0.25) is 0 Å². The molecule has 5 nitrogen and oxygen atoms in total. The first kappa shape index (κ1) is 20.5. The molecule has 2 heterocycles. The number of aryl methyl sites for hydroxylation is 1. The third-order valence-corrected chi connectivity index (χ3v) is 7.34. The van der Waals surface area contributed by atoms with Crippen LogP contribution < -0.4 is 0 Å².